The zero-order valence-electron chi connectivity index (χ0n) is 8.11. The highest BCUT2D eigenvalue weighted by molar-refractivity contribution is 7.99. The molecule has 1 fully saturated rings. The van der Waals surface area contributed by atoms with E-state index in [1.807, 2.05) is 23.9 Å². The molecule has 1 atom stereocenters. The summed E-state index contributed by atoms with van der Waals surface area (Å²) in [5.41, 5.74) is 2.15. The lowest BCUT2D eigenvalue weighted by Crippen LogP contribution is -2.01. The van der Waals surface area contributed by atoms with Crippen LogP contribution in [0, 0.1) is 0 Å². The Bertz CT molecular complexity index is 299. The Hall–Kier alpha value is -0.760. The highest BCUT2D eigenvalue weighted by Crippen LogP contribution is 2.37. The van der Waals surface area contributed by atoms with E-state index in [9.17, 15) is 4.79 Å². The summed E-state index contributed by atoms with van der Waals surface area (Å²) in [6.07, 6.45) is 4.88. The van der Waals surface area contributed by atoms with Gasteiger partial charge in [0.05, 0.1) is 0 Å². The molecule has 1 heterocycles. The molecule has 1 aromatic carbocycles. The fourth-order valence-corrected chi connectivity index (χ4v) is 3.13. The summed E-state index contributed by atoms with van der Waals surface area (Å²) in [6.45, 7) is 0. The fourth-order valence-electron chi connectivity index (χ4n) is 1.79. The van der Waals surface area contributed by atoms with Crippen LogP contribution < -0.4 is 0 Å². The fraction of sp³-hybridized carbons (Fsp3) is 0.417. The molecular weight excluding hydrogens is 192 g/mol. The number of rotatable bonds is 2. The van der Waals surface area contributed by atoms with Crippen molar-refractivity contribution in [3.8, 4) is 0 Å². The molecule has 1 unspecified atom stereocenters. The number of hydrogen-bond acceptors (Lipinski definition) is 2. The van der Waals surface area contributed by atoms with E-state index in [-0.39, 0.29) is 0 Å². The molecule has 1 saturated heterocycles. The smallest absolute Gasteiger partial charge is 0.150 e. The molecule has 2 heteroatoms. The SMILES string of the molecule is O=Cc1ccc(C2CCCCS2)cc1. The van der Waals surface area contributed by atoms with Crippen molar-refractivity contribution in [2.45, 2.75) is 24.5 Å². The molecule has 14 heavy (non-hydrogen) atoms. The first-order valence-corrected chi connectivity index (χ1v) is 6.12. The summed E-state index contributed by atoms with van der Waals surface area (Å²) in [4.78, 5) is 10.5. The van der Waals surface area contributed by atoms with Crippen molar-refractivity contribution in [2.24, 2.45) is 0 Å². The van der Waals surface area contributed by atoms with E-state index in [0.717, 1.165) is 11.8 Å². The first-order chi connectivity index (χ1) is 6.90. The van der Waals surface area contributed by atoms with Crippen molar-refractivity contribution in [3.05, 3.63) is 35.4 Å². The second-order valence-electron chi connectivity index (χ2n) is 3.64. The maximum absolute atomic E-state index is 10.5. The lowest BCUT2D eigenvalue weighted by atomic mass is 10.0. The highest BCUT2D eigenvalue weighted by Gasteiger charge is 2.15. The third-order valence-electron chi connectivity index (χ3n) is 2.62. The van der Waals surface area contributed by atoms with Crippen molar-refractivity contribution in [2.75, 3.05) is 5.75 Å². The predicted octanol–water partition coefficient (Wildman–Crippen LogP) is 3.46. The van der Waals surface area contributed by atoms with Gasteiger partial charge in [-0.25, -0.2) is 0 Å². The van der Waals surface area contributed by atoms with Crippen LogP contribution in [0.3, 0.4) is 0 Å². The Morgan fingerprint density at radius 2 is 2.00 bits per heavy atom. The Balaban J connectivity index is 2.11. The minimum absolute atomic E-state index is 0.657. The first-order valence-electron chi connectivity index (χ1n) is 5.07. The molecule has 1 aliphatic heterocycles. The van der Waals surface area contributed by atoms with Gasteiger partial charge in [0.15, 0.2) is 0 Å². The maximum atomic E-state index is 10.5. The first kappa shape index (κ1) is 9.78. The van der Waals surface area contributed by atoms with Crippen LogP contribution in [0.2, 0.25) is 0 Å². The van der Waals surface area contributed by atoms with E-state index >= 15 is 0 Å². The minimum Gasteiger partial charge on any atom is -0.298 e. The van der Waals surface area contributed by atoms with E-state index in [1.54, 1.807) is 0 Å². The number of aldehydes is 1. The lowest BCUT2D eigenvalue weighted by Gasteiger charge is -2.21. The largest absolute Gasteiger partial charge is 0.298 e. The van der Waals surface area contributed by atoms with Gasteiger partial charge in [-0.1, -0.05) is 30.7 Å². The summed E-state index contributed by atoms with van der Waals surface area (Å²) in [6, 6.07) is 8.01. The highest BCUT2D eigenvalue weighted by atomic mass is 32.2. The predicted molar refractivity (Wildman–Crippen MR) is 60.9 cm³/mol. The van der Waals surface area contributed by atoms with Crippen molar-refractivity contribution in [3.63, 3.8) is 0 Å². The molecule has 0 amide bonds. The van der Waals surface area contributed by atoms with E-state index in [0.29, 0.717) is 5.25 Å². The molecule has 0 spiro atoms. The van der Waals surface area contributed by atoms with E-state index in [4.69, 9.17) is 0 Å². The minimum atomic E-state index is 0.657. The van der Waals surface area contributed by atoms with Gasteiger partial charge in [0, 0.05) is 10.8 Å². The van der Waals surface area contributed by atoms with Crippen molar-refractivity contribution in [1.82, 2.24) is 0 Å². The van der Waals surface area contributed by atoms with Crippen LogP contribution in [0.15, 0.2) is 24.3 Å². The summed E-state index contributed by atoms with van der Waals surface area (Å²) in [7, 11) is 0. The van der Waals surface area contributed by atoms with Crippen molar-refractivity contribution >= 4 is 18.0 Å². The molecular formula is C12H14OS. The summed E-state index contributed by atoms with van der Waals surface area (Å²) in [5, 5.41) is 0.657. The van der Waals surface area contributed by atoms with Gasteiger partial charge in [-0.15, -0.1) is 0 Å². The molecule has 0 bridgehead atoms. The lowest BCUT2D eigenvalue weighted by molar-refractivity contribution is 0.112. The number of hydrogen-bond donors (Lipinski definition) is 0. The molecule has 1 aromatic rings. The number of carbonyl (C=O) groups excluding carboxylic acids is 1. The number of carbonyl (C=O) groups is 1. The zero-order chi connectivity index (χ0) is 9.80. The molecule has 0 aromatic heterocycles. The molecule has 0 N–H and O–H groups in total. The average Bonchev–Trinajstić information content (AvgIpc) is 2.30. The van der Waals surface area contributed by atoms with Crippen LogP contribution in [0.1, 0.15) is 40.4 Å². The number of benzene rings is 1. The maximum Gasteiger partial charge on any atom is 0.150 e. The molecule has 0 radical (unpaired) electrons. The second kappa shape index (κ2) is 4.65. The van der Waals surface area contributed by atoms with E-state index < -0.39 is 0 Å². The Labute approximate surface area is 88.9 Å². The normalized spacial score (nSPS) is 21.9. The quantitative estimate of drug-likeness (QED) is 0.689. The van der Waals surface area contributed by atoms with Gasteiger partial charge in [-0.05, 0) is 24.2 Å². The molecule has 1 aliphatic rings. The Morgan fingerprint density at radius 1 is 1.21 bits per heavy atom. The second-order valence-corrected chi connectivity index (χ2v) is 4.95. The topological polar surface area (TPSA) is 17.1 Å². The van der Waals surface area contributed by atoms with Crippen LogP contribution in [0.25, 0.3) is 0 Å². The third kappa shape index (κ3) is 2.18. The third-order valence-corrected chi connectivity index (χ3v) is 4.06. The van der Waals surface area contributed by atoms with Gasteiger partial charge >= 0.3 is 0 Å². The molecule has 1 nitrogen and oxygen atoms in total. The van der Waals surface area contributed by atoms with Gasteiger partial charge in [-0.3, -0.25) is 4.79 Å². The van der Waals surface area contributed by atoms with Crippen molar-refractivity contribution in [1.29, 1.82) is 0 Å². The summed E-state index contributed by atoms with van der Waals surface area (Å²) in [5.74, 6) is 1.28. The van der Waals surface area contributed by atoms with Gasteiger partial charge in [0.2, 0.25) is 0 Å². The molecule has 0 saturated carbocycles. The monoisotopic (exact) mass is 206 g/mol. The Morgan fingerprint density at radius 3 is 2.57 bits per heavy atom. The summed E-state index contributed by atoms with van der Waals surface area (Å²) >= 11 is 2.04. The van der Waals surface area contributed by atoms with Crippen LogP contribution in [0.5, 0.6) is 0 Å². The van der Waals surface area contributed by atoms with Gasteiger partial charge < -0.3 is 0 Å². The average molecular weight is 206 g/mol. The summed E-state index contributed by atoms with van der Waals surface area (Å²) < 4.78 is 0. The molecule has 74 valence electrons. The molecule has 2 rings (SSSR count). The standard InChI is InChI=1S/C12H14OS/c13-9-10-4-6-11(7-5-10)12-3-1-2-8-14-12/h4-7,9,12H,1-3,8H2. The van der Waals surface area contributed by atoms with Gasteiger partial charge in [-0.2, -0.15) is 11.8 Å². The van der Waals surface area contributed by atoms with Crippen LogP contribution in [-0.4, -0.2) is 12.0 Å². The van der Waals surface area contributed by atoms with Crippen LogP contribution >= 0.6 is 11.8 Å². The number of thioether (sulfide) groups is 1. The van der Waals surface area contributed by atoms with Gasteiger partial charge in [0.1, 0.15) is 6.29 Å². The zero-order valence-corrected chi connectivity index (χ0v) is 8.93. The van der Waals surface area contributed by atoms with Crippen molar-refractivity contribution < 1.29 is 4.79 Å². The Kier molecular flexibility index (Phi) is 3.25. The molecule has 0 aliphatic carbocycles. The van der Waals surface area contributed by atoms with Crippen LogP contribution in [-0.2, 0) is 0 Å². The van der Waals surface area contributed by atoms with Gasteiger partial charge in [0.25, 0.3) is 0 Å². The van der Waals surface area contributed by atoms with Crippen LogP contribution in [0.4, 0.5) is 0 Å². The van der Waals surface area contributed by atoms with E-state index in [2.05, 4.69) is 12.1 Å². The van der Waals surface area contributed by atoms with E-state index in [1.165, 1.54) is 30.6 Å².